The van der Waals surface area contributed by atoms with Crippen molar-refractivity contribution in [1.82, 2.24) is 9.97 Å². The molecular weight excluding hydrogens is 2050 g/mol. The number of sulfone groups is 1. The molecule has 19 aromatic rings. The summed E-state index contributed by atoms with van der Waals surface area (Å²) >= 11 is 62.4. The molecule has 0 radical (unpaired) electrons. The van der Waals surface area contributed by atoms with Crippen molar-refractivity contribution in [3.63, 3.8) is 0 Å². The number of ether oxygens (including phenoxy) is 2. The van der Waals surface area contributed by atoms with E-state index in [0.29, 0.717) is 55.5 Å². The van der Waals surface area contributed by atoms with Gasteiger partial charge >= 0.3 is 0 Å². The molecule has 0 saturated carbocycles. The largest absolute Gasteiger partial charge is 0.489 e. The number of isothiocyanates is 2. The molecule has 9 heterocycles. The first-order chi connectivity index (χ1) is 67.1. The first kappa shape index (κ1) is 109. The number of hydrogen-bond donors (Lipinski definition) is 2. The second kappa shape index (κ2) is 63.3. The molecule has 11 aromatic carbocycles. The van der Waals surface area contributed by atoms with E-state index in [0.717, 1.165) is 83.8 Å². The summed E-state index contributed by atoms with van der Waals surface area (Å²) in [7, 11) is -3.23. The lowest BCUT2D eigenvalue weighted by Gasteiger charge is -2.06. The average molecular weight is 2130 g/mol. The third kappa shape index (κ3) is 39.5. The number of para-hydroxylation sites is 1. The molecular formula is C100H78N14O5S18. The Hall–Kier alpha value is -12.1. The van der Waals surface area contributed by atoms with Crippen LogP contribution < -0.4 is 9.47 Å². The van der Waals surface area contributed by atoms with E-state index >= 15 is 0 Å². The normalized spacial score (nSPS) is 10.3. The van der Waals surface area contributed by atoms with Crippen LogP contribution in [0.1, 0.15) is 38.3 Å². The third-order valence-corrected chi connectivity index (χ3v) is 25.8. The summed E-state index contributed by atoms with van der Waals surface area (Å²) in [5, 5.41) is 23.7. The quantitative estimate of drug-likeness (QED) is 0.0446. The van der Waals surface area contributed by atoms with Crippen LogP contribution in [0.25, 0.3) is 59.2 Å². The number of nitrogens with zero attached hydrogens (tertiary/aromatic N) is 12. The van der Waals surface area contributed by atoms with E-state index < -0.39 is 9.84 Å². The predicted octanol–water partition coefficient (Wildman–Crippen LogP) is 32.6. The third-order valence-electron chi connectivity index (χ3n) is 18.0. The van der Waals surface area contributed by atoms with Gasteiger partial charge in [0.15, 0.2) is 0 Å². The Balaban J connectivity index is 0.000000169. The molecule has 0 bridgehead atoms. The molecule has 8 aromatic heterocycles. The second-order valence-electron chi connectivity index (χ2n) is 27.3. The number of benzene rings is 11. The maximum Gasteiger partial charge on any atom is 0.200 e. The molecule has 1 aliphatic rings. The van der Waals surface area contributed by atoms with Crippen LogP contribution in [0.2, 0.25) is 0 Å². The average Bonchev–Trinajstić information content (AvgIpc) is 1.64. The zero-order chi connectivity index (χ0) is 97.1. The summed E-state index contributed by atoms with van der Waals surface area (Å²) in [4.78, 5) is 15.5. The number of thiocarbonyl (C=S) groups is 2. The van der Waals surface area contributed by atoms with Crippen molar-refractivity contribution in [3.05, 3.63) is 416 Å². The highest BCUT2D eigenvalue weighted by Crippen LogP contribution is 2.33. The Bertz CT molecular complexity index is 7090. The molecule has 1 aliphatic heterocycles. The van der Waals surface area contributed by atoms with E-state index in [-0.39, 0.29) is 0 Å². The number of furan rings is 1. The van der Waals surface area contributed by atoms with Crippen molar-refractivity contribution in [2.75, 3.05) is 0 Å². The van der Waals surface area contributed by atoms with E-state index in [1.807, 2.05) is 289 Å². The minimum absolute atomic E-state index is 0.290. The molecule has 0 unspecified atom stereocenters. The number of thiophene rings is 5. The lowest BCUT2D eigenvalue weighted by Crippen LogP contribution is -1.94. The highest BCUT2D eigenvalue weighted by Gasteiger charge is 2.20. The number of aromatic nitrogens is 2. The summed E-state index contributed by atoms with van der Waals surface area (Å²) in [5.41, 5.74) is 15.6. The zero-order valence-electron chi connectivity index (χ0n) is 71.9. The Kier molecular flexibility index (Phi) is 50.2. The number of fused-ring (bicyclic) bond motifs is 5. The predicted molar refractivity (Wildman–Crippen MR) is 601 cm³/mol. The summed E-state index contributed by atoms with van der Waals surface area (Å²) in [5.74, 6) is 2.42. The van der Waals surface area contributed by atoms with Crippen molar-refractivity contribution in [3.8, 4) is 28.4 Å². The van der Waals surface area contributed by atoms with Crippen LogP contribution in [0.5, 0.6) is 17.2 Å². The van der Waals surface area contributed by atoms with Crippen molar-refractivity contribution >= 4 is 313 Å². The molecule has 2 N–H and O–H groups in total. The molecule has 19 nitrogen and oxygen atoms in total. The van der Waals surface area contributed by atoms with Crippen molar-refractivity contribution < 1.29 is 22.3 Å². The molecule has 686 valence electrons. The van der Waals surface area contributed by atoms with Crippen LogP contribution in [0.15, 0.2) is 441 Å². The summed E-state index contributed by atoms with van der Waals surface area (Å²) in [6, 6.07) is 102. The summed E-state index contributed by atoms with van der Waals surface area (Å²) < 4.78 is 77.5. The standard InChI is InChI=1S/2C13H11NOS.C12H9NS.C10H7NS2.C9H6N2S.C9H7NS2.C8H6N2S.C8H5NO2S2.C5H5NOS.C5H5NS2.2C4H3NS2/c16-14-10-11-5-4-8-13(9-11)15-12-6-2-1-3-7-12;16-14-12-7-4-8-13(9-12)15-10-11-5-2-1-3-6-11;14-13-12-8-6-11(7-9-12)10-4-2-1-3-5-10;12-7-11-6-9-5-8-3-1-2-4-10(8)13-9;12-6-11-8-2-1-7-3-4-10-9(7)5-8;11-10-5-7-6-12-9-4-2-1-3-8(7)9;11-10-7-1-2-8-6(5-7)3-4-9-8;10-13(11)4-3-6-1-2-7(9-12)5-8(6)13;8-6-3-5-1-2-7-4-5;7-6-3-5-1-2-8-4-5;6-5-4-1-2-7-3-4;6-5-4-2-1-3-7-4/h2*1-9H,10H2;1-9H;1-5H,6H2;1-5,10H;1-4,6H,5H2;1-5,9H;1-5H;2*1-2,4H,3H2;2*1-3H. The van der Waals surface area contributed by atoms with Crippen LogP contribution in [-0.4, -0.2) is 28.7 Å². The van der Waals surface area contributed by atoms with Gasteiger partial charge in [-0.3, -0.25) is 0 Å². The number of nitrogens with one attached hydrogen (secondary N) is 2. The van der Waals surface area contributed by atoms with E-state index in [2.05, 4.69) is 276 Å². The zero-order valence-corrected chi connectivity index (χ0v) is 86.6. The van der Waals surface area contributed by atoms with Gasteiger partial charge in [0, 0.05) is 190 Å². The van der Waals surface area contributed by atoms with E-state index in [4.69, 9.17) is 13.9 Å². The van der Waals surface area contributed by atoms with E-state index in [1.54, 1.807) is 87.4 Å². The summed E-state index contributed by atoms with van der Waals surface area (Å²) in [6.45, 7) is 3.66. The molecule has 137 heavy (non-hydrogen) atoms. The van der Waals surface area contributed by atoms with Gasteiger partial charge in [-0.1, -0.05) is 158 Å². The topological polar surface area (TPSA) is 246 Å². The van der Waals surface area contributed by atoms with Gasteiger partial charge in [-0.2, -0.15) is 53.8 Å². The Labute approximate surface area is 878 Å². The SMILES string of the molecule is O=S1(=O)C=Cc2ccc(N=S)cc21.S=C=NCc1cc2ccccc2s1.S=C=Nc1ccc2cc[nH]c2c1.S=NCc1cccc(Oc2ccccc2)c1.S=NCc1ccoc1.S=NCc1ccsc1.S=NCc1csc2ccccc12.S=Nc1ccc(-c2ccccc2)cc1.S=Nc1ccc2[nH]ccc2c1.S=Nc1cccc(OCc2ccccc2)c1.S=Nc1cccs1.S=Nc1ccsc1. The first-order valence-corrected chi connectivity index (χ1v) is 50.9. The van der Waals surface area contributed by atoms with Gasteiger partial charge in [0.05, 0.1) is 94.6 Å². The monoisotopic (exact) mass is 2130 g/mol. The molecule has 0 saturated heterocycles. The van der Waals surface area contributed by atoms with Gasteiger partial charge in [0.25, 0.3) is 0 Å². The van der Waals surface area contributed by atoms with Crippen LogP contribution in [0.3, 0.4) is 0 Å². The van der Waals surface area contributed by atoms with Crippen LogP contribution in [-0.2, 0) is 173 Å². The smallest absolute Gasteiger partial charge is 0.200 e. The molecule has 37 heteroatoms. The number of hydrogen-bond acceptors (Lipinski definition) is 34. The van der Waals surface area contributed by atoms with Crippen LogP contribution in [0.4, 0.5) is 39.1 Å². The minimum atomic E-state index is -3.23. The van der Waals surface area contributed by atoms with Gasteiger partial charge in [-0.25, -0.2) is 30.9 Å². The van der Waals surface area contributed by atoms with Gasteiger partial charge < -0.3 is 23.9 Å². The highest BCUT2D eigenvalue weighted by atomic mass is 32.2. The molecule has 0 amide bonds. The first-order valence-electron chi connectivity index (χ1n) is 40.4. The Morgan fingerprint density at radius 3 is 1.63 bits per heavy atom. The number of aromatic amines is 2. The maximum absolute atomic E-state index is 11.4. The van der Waals surface area contributed by atoms with Crippen molar-refractivity contribution in [1.29, 1.82) is 0 Å². The number of aliphatic imine (C=N–C) groups is 2. The van der Waals surface area contributed by atoms with Crippen LogP contribution in [0, 0.1) is 0 Å². The van der Waals surface area contributed by atoms with Crippen molar-refractivity contribution in [2.24, 2.45) is 53.6 Å². The summed E-state index contributed by atoms with van der Waals surface area (Å²) in [6.07, 6.45) is 8.61. The molecule has 0 aliphatic carbocycles. The Morgan fingerprint density at radius 2 is 0.985 bits per heavy atom. The second-order valence-corrected chi connectivity index (χ2v) is 36.2. The fourth-order valence-electron chi connectivity index (χ4n) is 11.6. The van der Waals surface area contributed by atoms with Gasteiger partial charge in [0.2, 0.25) is 9.84 Å². The molecule has 20 rings (SSSR count). The molecule has 0 atom stereocenters. The highest BCUT2D eigenvalue weighted by molar-refractivity contribution is 7.94. The van der Waals surface area contributed by atoms with Crippen molar-refractivity contribution in [2.45, 2.75) is 44.2 Å². The van der Waals surface area contributed by atoms with Crippen LogP contribution >= 0.6 is 81.1 Å². The van der Waals surface area contributed by atoms with E-state index in [1.165, 1.54) is 64.2 Å². The van der Waals surface area contributed by atoms with Gasteiger partial charge in [-0.05, 0) is 264 Å². The fourth-order valence-corrected chi connectivity index (χ4v) is 18.1. The van der Waals surface area contributed by atoms with E-state index in [9.17, 15) is 8.42 Å². The van der Waals surface area contributed by atoms with Gasteiger partial charge in [0.1, 0.15) is 28.9 Å². The number of H-pyrrole nitrogens is 2. The molecule has 0 spiro atoms. The fraction of sp³-hybridized carbons (Fsp3) is 0.0600. The lowest BCUT2D eigenvalue weighted by molar-refractivity contribution is 0.306. The maximum atomic E-state index is 11.4. The molecule has 0 fully saturated rings. The van der Waals surface area contributed by atoms with Gasteiger partial charge in [-0.15, -0.1) is 34.0 Å². The number of rotatable bonds is 23. The lowest BCUT2D eigenvalue weighted by atomic mass is 10.1. The Morgan fingerprint density at radius 1 is 0.387 bits per heavy atom. The minimum Gasteiger partial charge on any atom is -0.489 e.